The van der Waals surface area contributed by atoms with Crippen LogP contribution in [0.3, 0.4) is 0 Å². The molecule has 0 saturated carbocycles. The first kappa shape index (κ1) is 16.9. The van der Waals surface area contributed by atoms with Crippen molar-refractivity contribution in [3.8, 4) is 11.1 Å². The number of cyclic esters (lactones) is 2. The number of nitrogens with one attached hydrogen (secondary N) is 1. The van der Waals surface area contributed by atoms with E-state index in [0.717, 1.165) is 22.3 Å². The van der Waals surface area contributed by atoms with Crippen molar-refractivity contribution in [3.63, 3.8) is 0 Å². The third-order valence-corrected chi connectivity index (χ3v) is 4.20. The van der Waals surface area contributed by atoms with Crippen LogP contribution < -0.4 is 5.32 Å². The molecule has 1 aromatic carbocycles. The van der Waals surface area contributed by atoms with Crippen molar-refractivity contribution in [2.24, 2.45) is 0 Å². The molecule has 1 saturated heterocycles. The normalized spacial score (nSPS) is 16.0. The number of hydrogen-bond acceptors (Lipinski definition) is 5. The zero-order chi connectivity index (χ0) is 19.0. The molecule has 6 heteroatoms. The first-order chi connectivity index (χ1) is 12.9. The van der Waals surface area contributed by atoms with Gasteiger partial charge in [-0.1, -0.05) is 18.2 Å². The topological polar surface area (TPSA) is 69.0 Å². The summed E-state index contributed by atoms with van der Waals surface area (Å²) in [6, 6.07) is 15.8. The number of esters is 2. The average Bonchev–Trinajstić information content (AvgIpc) is 3.04. The maximum Gasteiger partial charge on any atom is 0.350 e. The highest BCUT2D eigenvalue weighted by Gasteiger charge is 2.38. The first-order valence-electron chi connectivity index (χ1n) is 8.52. The SMILES string of the molecule is CC1(C)OC(=O)C(=CNc2cccc(-c3cc4ccccn4c3)c2)C(=O)O1. The van der Waals surface area contributed by atoms with Crippen LogP contribution >= 0.6 is 0 Å². The second-order valence-corrected chi connectivity index (χ2v) is 6.72. The second kappa shape index (κ2) is 6.32. The molecule has 1 aliphatic rings. The van der Waals surface area contributed by atoms with Crippen LogP contribution in [0.1, 0.15) is 13.8 Å². The number of pyridine rings is 1. The third-order valence-electron chi connectivity index (χ3n) is 4.20. The number of hydrogen-bond donors (Lipinski definition) is 1. The van der Waals surface area contributed by atoms with E-state index < -0.39 is 17.7 Å². The lowest BCUT2D eigenvalue weighted by Crippen LogP contribution is -2.42. The van der Waals surface area contributed by atoms with Crippen LogP contribution in [0.2, 0.25) is 0 Å². The molecule has 3 heterocycles. The Labute approximate surface area is 156 Å². The fourth-order valence-electron chi connectivity index (χ4n) is 2.94. The molecule has 0 spiro atoms. The number of nitrogens with zero attached hydrogens (tertiary/aromatic N) is 1. The van der Waals surface area contributed by atoms with E-state index in [1.807, 2.05) is 59.3 Å². The van der Waals surface area contributed by atoms with Gasteiger partial charge in [0.05, 0.1) is 0 Å². The Morgan fingerprint density at radius 1 is 0.963 bits per heavy atom. The van der Waals surface area contributed by atoms with Crippen LogP contribution in [0.15, 0.2) is 72.7 Å². The number of aromatic nitrogens is 1. The van der Waals surface area contributed by atoms with E-state index in [-0.39, 0.29) is 5.57 Å². The fraction of sp³-hybridized carbons (Fsp3) is 0.143. The molecular formula is C21H18N2O4. The smallest absolute Gasteiger partial charge is 0.350 e. The summed E-state index contributed by atoms with van der Waals surface area (Å²) in [6.45, 7) is 3.02. The van der Waals surface area contributed by atoms with Crippen LogP contribution in [0.25, 0.3) is 16.6 Å². The maximum absolute atomic E-state index is 12.0. The molecular weight excluding hydrogens is 344 g/mol. The fourth-order valence-corrected chi connectivity index (χ4v) is 2.94. The Kier molecular flexibility index (Phi) is 3.96. The quantitative estimate of drug-likeness (QED) is 0.437. The van der Waals surface area contributed by atoms with Gasteiger partial charge in [-0.3, -0.25) is 0 Å². The number of fused-ring (bicyclic) bond motifs is 1. The number of benzene rings is 1. The summed E-state index contributed by atoms with van der Waals surface area (Å²) >= 11 is 0. The van der Waals surface area contributed by atoms with Crippen molar-refractivity contribution in [2.45, 2.75) is 19.6 Å². The van der Waals surface area contributed by atoms with Crippen molar-refractivity contribution < 1.29 is 19.1 Å². The molecule has 0 aliphatic carbocycles. The first-order valence-corrected chi connectivity index (χ1v) is 8.52. The van der Waals surface area contributed by atoms with Crippen LogP contribution in [-0.4, -0.2) is 22.1 Å². The van der Waals surface area contributed by atoms with Crippen LogP contribution in [-0.2, 0) is 19.1 Å². The van der Waals surface area contributed by atoms with Gasteiger partial charge in [0.25, 0.3) is 5.79 Å². The number of carbonyl (C=O) groups is 2. The van der Waals surface area contributed by atoms with Gasteiger partial charge >= 0.3 is 11.9 Å². The highest BCUT2D eigenvalue weighted by Crippen LogP contribution is 2.26. The highest BCUT2D eigenvalue weighted by atomic mass is 16.7. The molecule has 1 aliphatic heterocycles. The molecule has 4 rings (SSSR count). The maximum atomic E-state index is 12.0. The molecule has 1 fully saturated rings. The van der Waals surface area contributed by atoms with Crippen molar-refractivity contribution in [2.75, 3.05) is 5.32 Å². The summed E-state index contributed by atoms with van der Waals surface area (Å²) in [4.78, 5) is 24.0. The molecule has 0 atom stereocenters. The van der Waals surface area contributed by atoms with Crippen molar-refractivity contribution >= 4 is 23.1 Å². The standard InChI is InChI=1S/C21H18N2O4/c1-21(2)26-19(24)18(20(25)27-21)12-22-16-7-5-6-14(10-16)15-11-17-8-3-4-9-23(17)13-15/h3-13,22H,1-2H3. The van der Waals surface area contributed by atoms with Gasteiger partial charge in [0.15, 0.2) is 5.57 Å². The van der Waals surface area contributed by atoms with Gasteiger partial charge in [-0.05, 0) is 35.9 Å². The Hall–Kier alpha value is -3.54. The average molecular weight is 362 g/mol. The molecule has 0 amide bonds. The van der Waals surface area contributed by atoms with Gasteiger partial charge in [0, 0.05) is 49.2 Å². The van der Waals surface area contributed by atoms with Crippen LogP contribution in [0, 0.1) is 0 Å². The van der Waals surface area contributed by atoms with Crippen molar-refractivity contribution in [1.29, 1.82) is 0 Å². The Bertz CT molecular complexity index is 1020. The summed E-state index contributed by atoms with van der Waals surface area (Å²) in [6.07, 6.45) is 5.35. The van der Waals surface area contributed by atoms with E-state index >= 15 is 0 Å². The lowest BCUT2D eigenvalue weighted by Gasteiger charge is -2.29. The number of carbonyl (C=O) groups excluding carboxylic acids is 2. The number of rotatable bonds is 3. The van der Waals surface area contributed by atoms with E-state index in [4.69, 9.17) is 9.47 Å². The molecule has 2 aromatic heterocycles. The van der Waals surface area contributed by atoms with Gasteiger partial charge in [0.2, 0.25) is 0 Å². The lowest BCUT2D eigenvalue weighted by molar-refractivity contribution is -0.222. The van der Waals surface area contributed by atoms with Gasteiger partial charge in [-0.15, -0.1) is 0 Å². The van der Waals surface area contributed by atoms with Gasteiger partial charge in [-0.25, -0.2) is 9.59 Å². The minimum Gasteiger partial charge on any atom is -0.419 e. The summed E-state index contributed by atoms with van der Waals surface area (Å²) in [5.74, 6) is -2.67. The molecule has 3 aromatic rings. The molecule has 6 nitrogen and oxygen atoms in total. The van der Waals surface area contributed by atoms with E-state index in [1.54, 1.807) is 0 Å². The largest absolute Gasteiger partial charge is 0.419 e. The molecule has 136 valence electrons. The lowest BCUT2D eigenvalue weighted by atomic mass is 10.1. The molecule has 27 heavy (non-hydrogen) atoms. The van der Waals surface area contributed by atoms with Gasteiger partial charge < -0.3 is 19.2 Å². The second-order valence-electron chi connectivity index (χ2n) is 6.72. The Balaban J connectivity index is 1.58. The van der Waals surface area contributed by atoms with E-state index in [0.29, 0.717) is 0 Å². The molecule has 0 bridgehead atoms. The number of anilines is 1. The summed E-state index contributed by atoms with van der Waals surface area (Å²) in [5.41, 5.74) is 3.74. The van der Waals surface area contributed by atoms with E-state index in [1.165, 1.54) is 20.0 Å². The van der Waals surface area contributed by atoms with Crippen LogP contribution in [0.4, 0.5) is 5.69 Å². The Morgan fingerprint density at radius 2 is 1.74 bits per heavy atom. The number of ether oxygens (including phenoxy) is 2. The summed E-state index contributed by atoms with van der Waals surface area (Å²) < 4.78 is 12.2. The molecule has 0 radical (unpaired) electrons. The van der Waals surface area contributed by atoms with Gasteiger partial charge in [-0.2, -0.15) is 0 Å². The van der Waals surface area contributed by atoms with Crippen molar-refractivity contribution in [3.05, 3.63) is 72.7 Å². The Morgan fingerprint density at radius 3 is 2.48 bits per heavy atom. The van der Waals surface area contributed by atoms with E-state index in [2.05, 4.69) is 11.4 Å². The van der Waals surface area contributed by atoms with E-state index in [9.17, 15) is 9.59 Å². The molecule has 1 N–H and O–H groups in total. The monoisotopic (exact) mass is 362 g/mol. The predicted octanol–water partition coefficient (Wildman–Crippen LogP) is 3.74. The third kappa shape index (κ3) is 3.42. The molecule has 0 unspecified atom stereocenters. The minimum atomic E-state index is -1.25. The van der Waals surface area contributed by atoms with Crippen molar-refractivity contribution in [1.82, 2.24) is 4.40 Å². The van der Waals surface area contributed by atoms with Gasteiger partial charge in [0.1, 0.15) is 0 Å². The summed E-state index contributed by atoms with van der Waals surface area (Å²) in [7, 11) is 0. The zero-order valence-corrected chi connectivity index (χ0v) is 14.9. The predicted molar refractivity (Wildman–Crippen MR) is 101 cm³/mol. The summed E-state index contributed by atoms with van der Waals surface area (Å²) in [5, 5.41) is 2.98. The zero-order valence-electron chi connectivity index (χ0n) is 14.9. The van der Waals surface area contributed by atoms with Crippen LogP contribution in [0.5, 0.6) is 0 Å². The highest BCUT2D eigenvalue weighted by molar-refractivity contribution is 6.15. The minimum absolute atomic E-state index is 0.172.